The Labute approximate surface area is 98.8 Å². The van der Waals surface area contributed by atoms with Crippen LogP contribution in [-0.4, -0.2) is 10.7 Å². The molecule has 17 heavy (non-hydrogen) atoms. The van der Waals surface area contributed by atoms with Crippen LogP contribution in [0.1, 0.15) is 25.3 Å². The molecule has 88 valence electrons. The number of nitro benzene ring substituents is 1. The van der Waals surface area contributed by atoms with Crippen molar-refractivity contribution >= 4 is 11.5 Å². The number of ketones is 1. The highest BCUT2D eigenvalue weighted by atomic mass is 16.6. The number of Topliss-reactive ketones (excluding diaryl/α,β-unsaturated/α-hetero) is 1. The lowest BCUT2D eigenvalue weighted by atomic mass is 9.90. The molecular formula is C12H12N2O3. The maximum absolute atomic E-state index is 11.7. The Balaban J connectivity index is 3.03. The Morgan fingerprint density at radius 3 is 2.24 bits per heavy atom. The minimum absolute atomic E-state index is 0.0533. The van der Waals surface area contributed by atoms with Gasteiger partial charge < -0.3 is 0 Å². The molecule has 1 rings (SSSR count). The summed E-state index contributed by atoms with van der Waals surface area (Å²) in [6.45, 7) is 3.44. The normalized spacial score (nSPS) is 11.9. The topological polar surface area (TPSA) is 84.0 Å². The Morgan fingerprint density at radius 2 is 1.88 bits per heavy atom. The van der Waals surface area contributed by atoms with Gasteiger partial charge in [0.25, 0.3) is 5.69 Å². The highest BCUT2D eigenvalue weighted by Gasteiger charge is 2.23. The minimum Gasteiger partial charge on any atom is -0.298 e. The second kappa shape index (κ2) is 5.21. The van der Waals surface area contributed by atoms with Crippen LogP contribution >= 0.6 is 0 Å². The third-order valence-corrected chi connectivity index (χ3v) is 2.42. The van der Waals surface area contributed by atoms with Crippen molar-refractivity contribution in [1.82, 2.24) is 0 Å². The second-order valence-corrected chi connectivity index (χ2v) is 3.97. The lowest BCUT2D eigenvalue weighted by molar-refractivity contribution is -0.384. The average molecular weight is 232 g/mol. The van der Waals surface area contributed by atoms with Gasteiger partial charge in [-0.2, -0.15) is 5.26 Å². The zero-order valence-electron chi connectivity index (χ0n) is 9.58. The summed E-state index contributed by atoms with van der Waals surface area (Å²) >= 11 is 0. The van der Waals surface area contributed by atoms with Crippen molar-refractivity contribution in [3.05, 3.63) is 39.9 Å². The van der Waals surface area contributed by atoms with Gasteiger partial charge in [0.2, 0.25) is 0 Å². The Morgan fingerprint density at radius 1 is 1.35 bits per heavy atom. The Bertz CT molecular complexity index is 472. The predicted octanol–water partition coefficient (Wildman–Crippen LogP) is 2.43. The van der Waals surface area contributed by atoms with E-state index in [9.17, 15) is 14.9 Å². The summed E-state index contributed by atoms with van der Waals surface area (Å²) in [6.07, 6.45) is 0. The maximum Gasteiger partial charge on any atom is 0.269 e. The molecule has 1 aromatic carbocycles. The zero-order chi connectivity index (χ0) is 13.0. The van der Waals surface area contributed by atoms with Gasteiger partial charge in [-0.3, -0.25) is 14.9 Å². The van der Waals surface area contributed by atoms with Crippen molar-refractivity contribution in [2.45, 2.75) is 19.8 Å². The summed E-state index contributed by atoms with van der Waals surface area (Å²) in [4.78, 5) is 21.7. The average Bonchev–Trinajstić information content (AvgIpc) is 2.30. The number of non-ortho nitro benzene ring substituents is 1. The fourth-order valence-electron chi connectivity index (χ4n) is 1.42. The first-order valence-corrected chi connectivity index (χ1v) is 5.15. The van der Waals surface area contributed by atoms with E-state index in [0.717, 1.165) is 0 Å². The minimum atomic E-state index is -0.851. The summed E-state index contributed by atoms with van der Waals surface area (Å²) < 4.78 is 0. The van der Waals surface area contributed by atoms with E-state index in [-0.39, 0.29) is 17.4 Å². The number of rotatable bonds is 4. The van der Waals surface area contributed by atoms with E-state index in [0.29, 0.717) is 5.56 Å². The van der Waals surface area contributed by atoms with E-state index < -0.39 is 10.8 Å². The first kappa shape index (κ1) is 12.8. The molecule has 0 aliphatic heterocycles. The molecule has 0 amide bonds. The predicted molar refractivity (Wildman–Crippen MR) is 61.3 cm³/mol. The lowest BCUT2D eigenvalue weighted by Gasteiger charge is -2.10. The SMILES string of the molecule is CC(C)C(=O)[C@H](C#N)c1ccc([N+](=O)[O-])cc1. The first-order valence-electron chi connectivity index (χ1n) is 5.15. The van der Waals surface area contributed by atoms with Crippen LogP contribution in [-0.2, 0) is 4.79 Å². The van der Waals surface area contributed by atoms with Crippen LogP contribution in [0, 0.1) is 27.4 Å². The van der Waals surface area contributed by atoms with E-state index in [4.69, 9.17) is 5.26 Å². The van der Waals surface area contributed by atoms with Gasteiger partial charge >= 0.3 is 0 Å². The molecule has 0 saturated heterocycles. The van der Waals surface area contributed by atoms with Crippen LogP contribution in [0.3, 0.4) is 0 Å². The van der Waals surface area contributed by atoms with Crippen molar-refractivity contribution in [2.24, 2.45) is 5.92 Å². The number of carbonyl (C=O) groups excluding carboxylic acids is 1. The first-order chi connectivity index (χ1) is 7.97. The molecule has 0 saturated carbocycles. The van der Waals surface area contributed by atoms with E-state index in [2.05, 4.69) is 0 Å². The molecule has 0 aliphatic rings. The third-order valence-electron chi connectivity index (χ3n) is 2.42. The molecule has 0 bridgehead atoms. The van der Waals surface area contributed by atoms with Crippen LogP contribution in [0.15, 0.2) is 24.3 Å². The maximum atomic E-state index is 11.7. The van der Waals surface area contributed by atoms with Crippen molar-refractivity contribution in [3.8, 4) is 6.07 Å². The molecule has 1 atom stereocenters. The summed E-state index contributed by atoms with van der Waals surface area (Å²) in [6, 6.07) is 7.43. The smallest absolute Gasteiger partial charge is 0.269 e. The van der Waals surface area contributed by atoms with Gasteiger partial charge in [-0.05, 0) is 5.56 Å². The van der Waals surface area contributed by atoms with Gasteiger partial charge in [0.05, 0.1) is 11.0 Å². The number of nitriles is 1. The molecule has 0 aliphatic carbocycles. The fourth-order valence-corrected chi connectivity index (χ4v) is 1.42. The van der Waals surface area contributed by atoms with Gasteiger partial charge in [-0.25, -0.2) is 0 Å². The van der Waals surface area contributed by atoms with Crippen LogP contribution in [0.2, 0.25) is 0 Å². The van der Waals surface area contributed by atoms with Gasteiger partial charge in [-0.1, -0.05) is 26.0 Å². The molecule has 0 fully saturated rings. The molecule has 0 unspecified atom stereocenters. The van der Waals surface area contributed by atoms with Crippen LogP contribution in [0.4, 0.5) is 5.69 Å². The number of nitro groups is 1. The number of carbonyl (C=O) groups is 1. The monoisotopic (exact) mass is 232 g/mol. The summed E-state index contributed by atoms with van der Waals surface area (Å²) in [5.41, 5.74) is 0.444. The Hall–Kier alpha value is -2.22. The number of hydrogen-bond donors (Lipinski definition) is 0. The molecule has 1 aromatic rings. The number of benzene rings is 1. The molecule has 0 radical (unpaired) electrons. The van der Waals surface area contributed by atoms with Crippen molar-refractivity contribution in [1.29, 1.82) is 5.26 Å². The molecule has 0 spiro atoms. The van der Waals surface area contributed by atoms with Gasteiger partial charge in [0.15, 0.2) is 5.78 Å². The zero-order valence-corrected chi connectivity index (χ0v) is 9.58. The van der Waals surface area contributed by atoms with E-state index in [1.807, 2.05) is 6.07 Å². The van der Waals surface area contributed by atoms with Gasteiger partial charge in [0.1, 0.15) is 5.92 Å². The summed E-state index contributed by atoms with van der Waals surface area (Å²) in [5, 5.41) is 19.4. The quantitative estimate of drug-likeness (QED) is 0.589. The van der Waals surface area contributed by atoms with Gasteiger partial charge in [0, 0.05) is 18.1 Å². The van der Waals surface area contributed by atoms with Crippen LogP contribution < -0.4 is 0 Å². The van der Waals surface area contributed by atoms with E-state index >= 15 is 0 Å². The number of hydrogen-bond acceptors (Lipinski definition) is 4. The third kappa shape index (κ3) is 2.88. The molecule has 0 N–H and O–H groups in total. The van der Waals surface area contributed by atoms with Crippen LogP contribution in [0.25, 0.3) is 0 Å². The van der Waals surface area contributed by atoms with Crippen molar-refractivity contribution < 1.29 is 9.72 Å². The highest BCUT2D eigenvalue weighted by molar-refractivity contribution is 5.89. The number of nitrogens with zero attached hydrogens (tertiary/aromatic N) is 2. The molecule has 5 heteroatoms. The van der Waals surface area contributed by atoms with E-state index in [1.165, 1.54) is 24.3 Å². The van der Waals surface area contributed by atoms with Gasteiger partial charge in [-0.15, -0.1) is 0 Å². The summed E-state index contributed by atoms with van der Waals surface area (Å²) in [5.74, 6) is -1.27. The molecule has 5 nitrogen and oxygen atoms in total. The fraction of sp³-hybridized carbons (Fsp3) is 0.333. The summed E-state index contributed by atoms with van der Waals surface area (Å²) in [7, 11) is 0. The molecular weight excluding hydrogens is 220 g/mol. The second-order valence-electron chi connectivity index (χ2n) is 3.97. The van der Waals surface area contributed by atoms with Crippen LogP contribution in [0.5, 0.6) is 0 Å². The molecule has 0 heterocycles. The van der Waals surface area contributed by atoms with E-state index in [1.54, 1.807) is 13.8 Å². The molecule has 0 aromatic heterocycles. The lowest BCUT2D eigenvalue weighted by Crippen LogP contribution is -2.16. The highest BCUT2D eigenvalue weighted by Crippen LogP contribution is 2.22. The standard InChI is InChI=1S/C12H12N2O3/c1-8(2)12(15)11(7-13)9-3-5-10(6-4-9)14(16)17/h3-6,8,11H,1-2H3/t11-/m1/s1. The van der Waals surface area contributed by atoms with Crippen molar-refractivity contribution in [3.63, 3.8) is 0 Å². The Kier molecular flexibility index (Phi) is 3.94. The largest absolute Gasteiger partial charge is 0.298 e. The van der Waals surface area contributed by atoms with Crippen molar-refractivity contribution in [2.75, 3.05) is 0 Å².